The number of aromatic nitrogens is 4. The third-order valence-corrected chi connectivity index (χ3v) is 5.51. The Balaban J connectivity index is 1.58. The highest BCUT2D eigenvalue weighted by molar-refractivity contribution is 7.98. The second-order valence-electron chi connectivity index (χ2n) is 6.63. The molecule has 1 aliphatic heterocycles. The van der Waals surface area contributed by atoms with Crippen LogP contribution < -0.4 is 0 Å². The minimum atomic E-state index is -4.47. The van der Waals surface area contributed by atoms with E-state index in [2.05, 4.69) is 10.1 Å². The molecule has 0 N–H and O–H groups in total. The average molecular weight is 409 g/mol. The molecule has 28 heavy (non-hydrogen) atoms. The van der Waals surface area contributed by atoms with Gasteiger partial charge in [0.2, 0.25) is 0 Å². The molecule has 1 atom stereocenters. The van der Waals surface area contributed by atoms with Crippen LogP contribution in [0.5, 0.6) is 0 Å². The highest BCUT2D eigenvalue weighted by atomic mass is 32.2. The van der Waals surface area contributed by atoms with Gasteiger partial charge in [-0.2, -0.15) is 18.3 Å². The predicted octanol–water partition coefficient (Wildman–Crippen LogP) is 3.75. The van der Waals surface area contributed by atoms with E-state index in [1.165, 1.54) is 22.6 Å². The normalized spacial score (nSPS) is 18.0. The molecule has 0 aromatic carbocycles. The van der Waals surface area contributed by atoms with Crippen LogP contribution in [0, 0.1) is 0 Å². The van der Waals surface area contributed by atoms with Crippen LogP contribution >= 0.6 is 11.8 Å². The molecule has 0 spiro atoms. The summed E-state index contributed by atoms with van der Waals surface area (Å²) in [5, 5.41) is 4.39. The predicted molar refractivity (Wildman–Crippen MR) is 98.4 cm³/mol. The maximum Gasteiger partial charge on any atom is 0.435 e. The number of alkyl halides is 3. The fraction of sp³-hybridized carbons (Fsp3) is 0.389. The Morgan fingerprint density at radius 3 is 2.79 bits per heavy atom. The molecule has 1 unspecified atom stereocenters. The van der Waals surface area contributed by atoms with Crippen LogP contribution in [0.1, 0.15) is 35.1 Å². The minimum Gasteiger partial charge on any atom is -0.335 e. The maximum absolute atomic E-state index is 13.1. The molecule has 4 heterocycles. The van der Waals surface area contributed by atoms with E-state index in [0.717, 1.165) is 16.7 Å². The van der Waals surface area contributed by atoms with E-state index in [0.29, 0.717) is 31.6 Å². The number of thioether (sulfide) groups is 1. The fourth-order valence-electron chi connectivity index (χ4n) is 3.51. The van der Waals surface area contributed by atoms with Crippen LogP contribution in [-0.4, -0.2) is 49.3 Å². The van der Waals surface area contributed by atoms with E-state index in [-0.39, 0.29) is 11.9 Å². The Morgan fingerprint density at radius 2 is 2.07 bits per heavy atom. The number of likely N-dealkylation sites (tertiary alicyclic amines) is 1. The molecular formula is C18H18F3N5OS. The van der Waals surface area contributed by atoms with Crippen molar-refractivity contribution in [2.45, 2.75) is 30.2 Å². The number of nitrogens with zero attached hydrogens (tertiary/aromatic N) is 5. The molecule has 1 aliphatic rings. The highest BCUT2D eigenvalue weighted by Crippen LogP contribution is 2.30. The number of piperidine rings is 1. The monoisotopic (exact) mass is 409 g/mol. The summed E-state index contributed by atoms with van der Waals surface area (Å²) in [5.74, 6) is -0.211. The summed E-state index contributed by atoms with van der Waals surface area (Å²) in [7, 11) is 0. The number of halogens is 3. The van der Waals surface area contributed by atoms with Crippen molar-refractivity contribution in [3.8, 4) is 0 Å². The molecule has 6 nitrogen and oxygen atoms in total. The fourth-order valence-corrected chi connectivity index (χ4v) is 4.05. The van der Waals surface area contributed by atoms with Gasteiger partial charge in [0, 0.05) is 25.5 Å². The van der Waals surface area contributed by atoms with E-state index in [9.17, 15) is 18.0 Å². The van der Waals surface area contributed by atoms with Crippen molar-refractivity contribution in [3.63, 3.8) is 0 Å². The Kier molecular flexibility index (Phi) is 4.82. The van der Waals surface area contributed by atoms with Gasteiger partial charge in [-0.05, 0) is 37.3 Å². The van der Waals surface area contributed by atoms with Crippen LogP contribution in [0.25, 0.3) is 5.52 Å². The first kappa shape index (κ1) is 18.9. The first-order chi connectivity index (χ1) is 13.4. The lowest BCUT2D eigenvalue weighted by Crippen LogP contribution is -2.41. The molecular weight excluding hydrogens is 391 g/mol. The zero-order chi connectivity index (χ0) is 19.9. The zero-order valence-electron chi connectivity index (χ0n) is 15.1. The van der Waals surface area contributed by atoms with Crippen LogP contribution in [0.15, 0.2) is 41.8 Å². The van der Waals surface area contributed by atoms with Crippen molar-refractivity contribution < 1.29 is 18.0 Å². The van der Waals surface area contributed by atoms with Crippen molar-refractivity contribution in [2.75, 3.05) is 19.3 Å². The van der Waals surface area contributed by atoms with E-state index in [4.69, 9.17) is 0 Å². The standard InChI is InChI=1S/C18H18F3N5OS/c1-28-17-22-15(13-6-2-3-9-25(13)17)16(27)24-8-4-5-12(11-24)26-10-7-14(23-26)18(19,20)21/h2-3,6-7,9-10,12H,4-5,8,11H2,1H3. The molecule has 0 bridgehead atoms. The quantitative estimate of drug-likeness (QED) is 0.619. The molecule has 10 heteroatoms. The third kappa shape index (κ3) is 3.36. The Hall–Kier alpha value is -2.49. The van der Waals surface area contributed by atoms with Crippen molar-refractivity contribution in [1.29, 1.82) is 0 Å². The van der Waals surface area contributed by atoms with Gasteiger partial charge in [0.25, 0.3) is 5.91 Å². The Labute approximate surface area is 163 Å². The second kappa shape index (κ2) is 7.16. The lowest BCUT2D eigenvalue weighted by molar-refractivity contribution is -0.141. The zero-order valence-corrected chi connectivity index (χ0v) is 15.9. The maximum atomic E-state index is 13.1. The molecule has 4 rings (SSSR count). The minimum absolute atomic E-state index is 0.211. The van der Waals surface area contributed by atoms with E-state index < -0.39 is 11.9 Å². The second-order valence-corrected chi connectivity index (χ2v) is 7.40. The van der Waals surface area contributed by atoms with Crippen LogP contribution in [0.2, 0.25) is 0 Å². The summed E-state index contributed by atoms with van der Waals surface area (Å²) in [6.45, 7) is 0.849. The summed E-state index contributed by atoms with van der Waals surface area (Å²) in [6, 6.07) is 6.23. The van der Waals surface area contributed by atoms with E-state index in [1.54, 1.807) is 4.90 Å². The van der Waals surface area contributed by atoms with Gasteiger partial charge >= 0.3 is 6.18 Å². The average Bonchev–Trinajstić information content (AvgIpc) is 3.33. The van der Waals surface area contributed by atoms with Crippen molar-refractivity contribution in [1.82, 2.24) is 24.1 Å². The van der Waals surface area contributed by atoms with Gasteiger partial charge in [0.05, 0.1) is 11.6 Å². The molecule has 0 saturated carbocycles. The summed E-state index contributed by atoms with van der Waals surface area (Å²) in [5.41, 5.74) is 0.167. The summed E-state index contributed by atoms with van der Waals surface area (Å²) >= 11 is 1.45. The first-order valence-electron chi connectivity index (χ1n) is 8.81. The molecule has 0 aliphatic carbocycles. The topological polar surface area (TPSA) is 55.4 Å². The van der Waals surface area contributed by atoms with Crippen molar-refractivity contribution >= 4 is 23.2 Å². The van der Waals surface area contributed by atoms with Gasteiger partial charge in [-0.15, -0.1) is 0 Å². The lowest BCUT2D eigenvalue weighted by Gasteiger charge is -2.32. The van der Waals surface area contributed by atoms with Gasteiger partial charge in [-0.3, -0.25) is 13.9 Å². The summed E-state index contributed by atoms with van der Waals surface area (Å²) in [6.07, 6.45) is 1.97. The molecule has 1 saturated heterocycles. The van der Waals surface area contributed by atoms with Gasteiger partial charge in [-0.1, -0.05) is 17.8 Å². The number of amides is 1. The van der Waals surface area contributed by atoms with Gasteiger partial charge in [0.1, 0.15) is 0 Å². The number of hydrogen-bond donors (Lipinski definition) is 0. The number of pyridine rings is 1. The van der Waals surface area contributed by atoms with Crippen molar-refractivity contribution in [3.05, 3.63) is 48.0 Å². The van der Waals surface area contributed by atoms with Crippen molar-refractivity contribution in [2.24, 2.45) is 0 Å². The summed E-state index contributed by atoms with van der Waals surface area (Å²) in [4.78, 5) is 19.3. The van der Waals surface area contributed by atoms with Gasteiger partial charge in [0.15, 0.2) is 16.5 Å². The number of imidazole rings is 1. The van der Waals surface area contributed by atoms with E-state index >= 15 is 0 Å². The van der Waals surface area contributed by atoms with Crippen LogP contribution in [-0.2, 0) is 6.18 Å². The Morgan fingerprint density at radius 1 is 1.25 bits per heavy atom. The number of rotatable bonds is 3. The third-order valence-electron chi connectivity index (χ3n) is 4.86. The largest absolute Gasteiger partial charge is 0.435 e. The van der Waals surface area contributed by atoms with Crippen LogP contribution in [0.4, 0.5) is 13.2 Å². The number of carbonyl (C=O) groups is 1. The smallest absolute Gasteiger partial charge is 0.335 e. The van der Waals surface area contributed by atoms with E-state index in [1.807, 2.05) is 35.1 Å². The van der Waals surface area contributed by atoms with Gasteiger partial charge in [-0.25, -0.2) is 4.98 Å². The highest BCUT2D eigenvalue weighted by Gasteiger charge is 2.35. The molecule has 1 amide bonds. The first-order valence-corrected chi connectivity index (χ1v) is 10.0. The molecule has 3 aromatic rings. The number of carbonyl (C=O) groups excluding carboxylic acids is 1. The molecule has 3 aromatic heterocycles. The van der Waals surface area contributed by atoms with Gasteiger partial charge < -0.3 is 4.90 Å². The molecule has 148 valence electrons. The Bertz CT molecular complexity index is 1010. The number of fused-ring (bicyclic) bond motifs is 1. The lowest BCUT2D eigenvalue weighted by atomic mass is 10.1. The molecule has 0 radical (unpaired) electrons. The van der Waals surface area contributed by atoms with Crippen LogP contribution in [0.3, 0.4) is 0 Å². The molecule has 1 fully saturated rings. The SMILES string of the molecule is CSc1nc(C(=O)N2CCCC(n3ccc(C(F)(F)F)n3)C2)c2ccccn12. The summed E-state index contributed by atoms with van der Waals surface area (Å²) < 4.78 is 41.7. The number of hydrogen-bond acceptors (Lipinski definition) is 4.